The van der Waals surface area contributed by atoms with Crippen LogP contribution < -0.4 is 0 Å². The van der Waals surface area contributed by atoms with Crippen molar-refractivity contribution in [1.29, 1.82) is 0 Å². The fraction of sp³-hybridized carbons (Fsp3) is 0.400. The molecule has 0 aliphatic heterocycles. The van der Waals surface area contributed by atoms with E-state index in [1.54, 1.807) is 0 Å². The Bertz CT molecular complexity index is 144. The number of ether oxygens (including phenoxy) is 1. The molecular formula is C5H8O6. The second-order valence-electron chi connectivity index (χ2n) is 1.38. The van der Waals surface area contributed by atoms with Crippen LogP contribution in [0.5, 0.6) is 0 Å². The van der Waals surface area contributed by atoms with Crippen LogP contribution in [0.4, 0.5) is 4.79 Å². The zero-order valence-electron chi connectivity index (χ0n) is 6.03. The fourth-order valence-electron chi connectivity index (χ4n) is 0.123. The third-order valence-corrected chi connectivity index (χ3v) is 0.231. The fourth-order valence-corrected chi connectivity index (χ4v) is 0.123. The highest BCUT2D eigenvalue weighted by molar-refractivity contribution is 5.78. The maximum Gasteiger partial charge on any atom is 0.513 e. The Morgan fingerprint density at radius 1 is 1.09 bits per heavy atom. The van der Waals surface area contributed by atoms with Gasteiger partial charge in [0, 0.05) is 13.8 Å². The minimum Gasteiger partial charge on any atom is -0.481 e. The van der Waals surface area contributed by atoms with Gasteiger partial charge in [-0.2, -0.15) is 0 Å². The Labute approximate surface area is 62.4 Å². The summed E-state index contributed by atoms with van der Waals surface area (Å²) in [7, 11) is 0. The van der Waals surface area contributed by atoms with E-state index >= 15 is 0 Å². The summed E-state index contributed by atoms with van der Waals surface area (Å²) in [4.78, 5) is 28.0. The minimum absolute atomic E-state index is 0.812. The maximum absolute atomic E-state index is 9.65. The molecule has 0 aromatic heterocycles. The third-order valence-electron chi connectivity index (χ3n) is 0.231. The van der Waals surface area contributed by atoms with Crippen molar-refractivity contribution >= 4 is 18.1 Å². The van der Waals surface area contributed by atoms with Crippen LogP contribution in [0.3, 0.4) is 0 Å². The zero-order chi connectivity index (χ0) is 9.44. The summed E-state index contributed by atoms with van der Waals surface area (Å²) in [5, 5.41) is 15.1. The van der Waals surface area contributed by atoms with Gasteiger partial charge in [0.25, 0.3) is 5.97 Å². The molecule has 0 amide bonds. The Kier molecular flexibility index (Phi) is 7.19. The molecule has 0 unspecified atom stereocenters. The third kappa shape index (κ3) is 59.5. The summed E-state index contributed by atoms with van der Waals surface area (Å²) >= 11 is 0. The van der Waals surface area contributed by atoms with Gasteiger partial charge in [0.15, 0.2) is 0 Å². The summed E-state index contributed by atoms with van der Waals surface area (Å²) in [5.41, 5.74) is 0. The lowest BCUT2D eigenvalue weighted by Gasteiger charge is -1.85. The number of carboxylic acids is 1. The molecule has 0 spiro atoms. The van der Waals surface area contributed by atoms with Gasteiger partial charge in [-0.15, -0.1) is 0 Å². The molecule has 64 valence electrons. The van der Waals surface area contributed by atoms with Gasteiger partial charge >= 0.3 is 12.1 Å². The van der Waals surface area contributed by atoms with Crippen LogP contribution in [0.2, 0.25) is 0 Å². The molecule has 0 atom stereocenters. The van der Waals surface area contributed by atoms with Gasteiger partial charge in [-0.05, 0) is 0 Å². The van der Waals surface area contributed by atoms with Gasteiger partial charge < -0.3 is 14.9 Å². The van der Waals surface area contributed by atoms with E-state index in [0.29, 0.717) is 0 Å². The number of esters is 1. The standard InChI is InChI=1S/C3H4O4.C2H4O2/c1-2(4)7-3(5)6;1-2(3)4/h1H3,(H,5,6);1H3,(H,3,4). The first-order chi connectivity index (χ1) is 4.86. The van der Waals surface area contributed by atoms with Crippen LogP contribution in [-0.4, -0.2) is 28.3 Å². The minimum atomic E-state index is -1.56. The van der Waals surface area contributed by atoms with Crippen LogP contribution in [0.15, 0.2) is 0 Å². The average molecular weight is 164 g/mol. The molecule has 6 nitrogen and oxygen atoms in total. The normalized spacial score (nSPS) is 7.09. The molecule has 0 aromatic rings. The number of hydrogen-bond acceptors (Lipinski definition) is 4. The summed E-state index contributed by atoms with van der Waals surface area (Å²) in [6, 6.07) is 0. The van der Waals surface area contributed by atoms with E-state index in [-0.39, 0.29) is 0 Å². The molecular weight excluding hydrogens is 156 g/mol. The number of carbonyl (C=O) groups excluding carboxylic acids is 1. The van der Waals surface area contributed by atoms with Crippen molar-refractivity contribution in [3.05, 3.63) is 0 Å². The molecule has 0 heterocycles. The van der Waals surface area contributed by atoms with Gasteiger partial charge in [-0.25, -0.2) is 4.79 Å². The van der Waals surface area contributed by atoms with Crippen LogP contribution in [-0.2, 0) is 14.3 Å². The maximum atomic E-state index is 9.65. The van der Waals surface area contributed by atoms with Crippen molar-refractivity contribution in [2.75, 3.05) is 0 Å². The van der Waals surface area contributed by atoms with Gasteiger partial charge in [0.1, 0.15) is 0 Å². The Morgan fingerprint density at radius 3 is 1.36 bits per heavy atom. The first-order valence-corrected chi connectivity index (χ1v) is 2.47. The molecule has 0 aromatic carbocycles. The van der Waals surface area contributed by atoms with Crippen molar-refractivity contribution in [3.8, 4) is 0 Å². The van der Waals surface area contributed by atoms with Crippen LogP contribution in [0, 0.1) is 0 Å². The highest BCUT2D eigenvalue weighted by atomic mass is 16.7. The lowest BCUT2D eigenvalue weighted by molar-refractivity contribution is -0.136. The molecule has 0 rings (SSSR count). The van der Waals surface area contributed by atoms with Crippen LogP contribution in [0.25, 0.3) is 0 Å². The quantitative estimate of drug-likeness (QED) is 0.395. The first kappa shape index (κ1) is 12.1. The Morgan fingerprint density at radius 2 is 1.36 bits per heavy atom. The predicted molar refractivity (Wildman–Crippen MR) is 33.1 cm³/mol. The summed E-state index contributed by atoms with van der Waals surface area (Å²) < 4.78 is 3.53. The van der Waals surface area contributed by atoms with E-state index in [0.717, 1.165) is 13.8 Å². The van der Waals surface area contributed by atoms with E-state index in [9.17, 15) is 9.59 Å². The van der Waals surface area contributed by atoms with Crippen LogP contribution >= 0.6 is 0 Å². The molecule has 6 heteroatoms. The van der Waals surface area contributed by atoms with Crippen molar-refractivity contribution in [1.82, 2.24) is 0 Å². The Balaban J connectivity index is 0. The van der Waals surface area contributed by atoms with E-state index in [1.165, 1.54) is 0 Å². The highest BCUT2D eigenvalue weighted by Crippen LogP contribution is 1.73. The summed E-state index contributed by atoms with van der Waals surface area (Å²) in [6.45, 7) is 2.11. The molecule has 2 N–H and O–H groups in total. The second-order valence-corrected chi connectivity index (χ2v) is 1.38. The monoisotopic (exact) mass is 164 g/mol. The van der Waals surface area contributed by atoms with E-state index < -0.39 is 18.1 Å². The lowest BCUT2D eigenvalue weighted by Crippen LogP contribution is -2.04. The molecule has 0 radical (unpaired) electrons. The second kappa shape index (κ2) is 6.53. The zero-order valence-corrected chi connectivity index (χ0v) is 6.03. The number of carbonyl (C=O) groups is 3. The van der Waals surface area contributed by atoms with E-state index in [2.05, 4.69) is 4.74 Å². The lowest BCUT2D eigenvalue weighted by atomic mass is 10.8. The smallest absolute Gasteiger partial charge is 0.481 e. The van der Waals surface area contributed by atoms with E-state index in [4.69, 9.17) is 15.0 Å². The number of aliphatic carboxylic acids is 1. The van der Waals surface area contributed by atoms with Crippen molar-refractivity contribution in [2.24, 2.45) is 0 Å². The Hall–Kier alpha value is -1.59. The predicted octanol–water partition coefficient (Wildman–Crippen LogP) is 0.318. The molecule has 0 saturated carbocycles. The van der Waals surface area contributed by atoms with Gasteiger partial charge in [0.05, 0.1) is 0 Å². The molecule has 0 aliphatic rings. The van der Waals surface area contributed by atoms with Gasteiger partial charge in [-0.3, -0.25) is 9.59 Å². The summed E-state index contributed by atoms with van der Waals surface area (Å²) in [5.74, 6) is -1.65. The molecule has 0 saturated heterocycles. The van der Waals surface area contributed by atoms with Crippen molar-refractivity contribution < 1.29 is 29.3 Å². The molecule has 11 heavy (non-hydrogen) atoms. The van der Waals surface area contributed by atoms with Crippen molar-refractivity contribution in [2.45, 2.75) is 13.8 Å². The molecule has 0 bridgehead atoms. The first-order valence-electron chi connectivity index (χ1n) is 2.47. The van der Waals surface area contributed by atoms with E-state index in [1.807, 2.05) is 0 Å². The molecule has 0 fully saturated rings. The SMILES string of the molecule is CC(=O)O.CC(=O)OC(=O)O. The summed E-state index contributed by atoms with van der Waals surface area (Å²) in [6.07, 6.45) is -1.56. The highest BCUT2D eigenvalue weighted by Gasteiger charge is 1.97. The average Bonchev–Trinajstić information content (AvgIpc) is 1.56. The van der Waals surface area contributed by atoms with Crippen LogP contribution in [0.1, 0.15) is 13.8 Å². The van der Waals surface area contributed by atoms with Gasteiger partial charge in [0.2, 0.25) is 0 Å². The van der Waals surface area contributed by atoms with Crippen molar-refractivity contribution in [3.63, 3.8) is 0 Å². The number of rotatable bonds is 0. The number of hydrogen-bond donors (Lipinski definition) is 2. The topological polar surface area (TPSA) is 101 Å². The number of carboxylic acid groups (broad SMARTS) is 2. The largest absolute Gasteiger partial charge is 0.513 e. The molecule has 0 aliphatic carbocycles. The van der Waals surface area contributed by atoms with Gasteiger partial charge in [-0.1, -0.05) is 0 Å².